The molecule has 1 aromatic carbocycles. The number of unbranched alkanes of at least 4 members (excludes halogenated alkanes) is 3. The fraction of sp³-hybridized carbons (Fsp3) is 0.633. The average molecular weight is 501 g/mol. The summed E-state index contributed by atoms with van der Waals surface area (Å²) in [5, 5.41) is 10.5. The molecule has 4 atom stereocenters. The summed E-state index contributed by atoms with van der Waals surface area (Å²) in [5.74, 6) is 3.66. The minimum absolute atomic E-state index is 0.292. The van der Waals surface area contributed by atoms with Crippen LogP contribution in [0.4, 0.5) is 0 Å². The molecule has 2 aliphatic rings. The van der Waals surface area contributed by atoms with Gasteiger partial charge in [0.15, 0.2) is 0 Å². The summed E-state index contributed by atoms with van der Waals surface area (Å²) in [6.45, 7) is 0. The second-order valence-electron chi connectivity index (χ2n) is 9.86. The molecule has 1 unspecified atom stereocenters. The van der Waals surface area contributed by atoms with Crippen LogP contribution < -0.4 is 0 Å². The molecule has 0 saturated carbocycles. The van der Waals surface area contributed by atoms with E-state index >= 15 is 0 Å². The van der Waals surface area contributed by atoms with Gasteiger partial charge in [0, 0.05) is 16.9 Å². The summed E-state index contributed by atoms with van der Waals surface area (Å²) in [7, 11) is 0. The Morgan fingerprint density at radius 3 is 2.44 bits per heavy atom. The zero-order valence-corrected chi connectivity index (χ0v) is 22.4. The van der Waals surface area contributed by atoms with Gasteiger partial charge in [0.1, 0.15) is 0 Å². The number of allylic oxidation sites excluding steroid dienone is 4. The fourth-order valence-corrected chi connectivity index (χ4v) is 8.44. The molecule has 2 fully saturated rings. The zero-order valence-electron chi connectivity index (χ0n) is 20.8. The Bertz CT molecular complexity index is 745. The first-order valence-electron chi connectivity index (χ1n) is 13.5. The van der Waals surface area contributed by atoms with Gasteiger partial charge in [0.2, 0.25) is 0 Å². The Kier molecular flexibility index (Phi) is 13.3. The summed E-state index contributed by atoms with van der Waals surface area (Å²) >= 11 is 4.40. The van der Waals surface area contributed by atoms with Gasteiger partial charge >= 0.3 is 5.97 Å². The van der Waals surface area contributed by atoms with Crippen molar-refractivity contribution in [3.63, 3.8) is 0 Å². The first-order valence-corrected chi connectivity index (χ1v) is 15.6. The normalized spacial score (nSPS) is 24.0. The van der Waals surface area contributed by atoms with Crippen LogP contribution in [0.2, 0.25) is 0 Å². The van der Waals surface area contributed by atoms with Crippen LogP contribution in [0.3, 0.4) is 0 Å². The summed E-state index contributed by atoms with van der Waals surface area (Å²) in [5.41, 5.74) is 1.45. The SMILES string of the molecule is O=C(O)CCC/C=C\C[C@H]1C2CC[C@H](S2)[C@H]1CCCCSCCC=CCCCc1ccccc1. The smallest absolute Gasteiger partial charge is 0.303 e. The van der Waals surface area contributed by atoms with Gasteiger partial charge in [-0.3, -0.25) is 4.79 Å². The lowest BCUT2D eigenvalue weighted by Crippen LogP contribution is -2.26. The minimum Gasteiger partial charge on any atom is -0.481 e. The number of hydrogen-bond donors (Lipinski definition) is 1. The minimum atomic E-state index is -0.679. The molecule has 0 aromatic heterocycles. The highest BCUT2D eigenvalue weighted by Gasteiger charge is 2.46. The van der Waals surface area contributed by atoms with Crippen molar-refractivity contribution in [2.45, 2.75) is 94.0 Å². The molecule has 2 bridgehead atoms. The Morgan fingerprint density at radius 2 is 1.62 bits per heavy atom. The van der Waals surface area contributed by atoms with Crippen LogP contribution >= 0.6 is 23.5 Å². The van der Waals surface area contributed by atoms with Gasteiger partial charge in [-0.1, -0.05) is 61.1 Å². The van der Waals surface area contributed by atoms with Crippen molar-refractivity contribution in [3.8, 4) is 0 Å². The number of thioether (sulfide) groups is 2. The van der Waals surface area contributed by atoms with E-state index in [-0.39, 0.29) is 0 Å². The van der Waals surface area contributed by atoms with Crippen molar-refractivity contribution in [1.29, 1.82) is 0 Å². The molecule has 2 saturated heterocycles. The highest BCUT2D eigenvalue weighted by atomic mass is 32.2. The number of carbonyl (C=O) groups is 1. The molecule has 2 aliphatic heterocycles. The van der Waals surface area contributed by atoms with E-state index in [0.717, 1.165) is 35.2 Å². The first-order chi connectivity index (χ1) is 16.7. The number of benzene rings is 1. The second-order valence-corrected chi connectivity index (χ2v) is 12.6. The first kappa shape index (κ1) is 27.5. The molecule has 34 heavy (non-hydrogen) atoms. The van der Waals surface area contributed by atoms with Crippen LogP contribution in [0.25, 0.3) is 0 Å². The second kappa shape index (κ2) is 16.5. The van der Waals surface area contributed by atoms with Gasteiger partial charge in [-0.15, -0.1) is 0 Å². The van der Waals surface area contributed by atoms with Crippen molar-refractivity contribution in [2.75, 3.05) is 11.5 Å². The van der Waals surface area contributed by atoms with Gasteiger partial charge in [0.25, 0.3) is 0 Å². The third-order valence-corrected chi connectivity index (χ3v) is 10.2. The summed E-state index contributed by atoms with van der Waals surface area (Å²) in [4.78, 5) is 10.6. The number of fused-ring (bicyclic) bond motifs is 2. The quantitative estimate of drug-likeness (QED) is 0.162. The van der Waals surface area contributed by atoms with E-state index in [0.29, 0.717) is 6.42 Å². The number of aryl methyl sites for hydroxylation is 1. The maximum absolute atomic E-state index is 10.6. The number of rotatable bonds is 18. The van der Waals surface area contributed by atoms with Crippen molar-refractivity contribution < 1.29 is 9.90 Å². The monoisotopic (exact) mass is 500 g/mol. The lowest BCUT2D eigenvalue weighted by atomic mass is 9.75. The number of aliphatic carboxylic acids is 1. The highest BCUT2D eigenvalue weighted by Crippen LogP contribution is 2.55. The topological polar surface area (TPSA) is 37.3 Å². The highest BCUT2D eigenvalue weighted by molar-refractivity contribution is 8.01. The van der Waals surface area contributed by atoms with E-state index in [1.165, 1.54) is 81.3 Å². The molecule has 0 radical (unpaired) electrons. The van der Waals surface area contributed by atoms with Crippen LogP contribution in [-0.2, 0) is 11.2 Å². The van der Waals surface area contributed by atoms with Crippen molar-refractivity contribution >= 4 is 29.5 Å². The van der Waals surface area contributed by atoms with Gasteiger partial charge in [-0.05, 0) is 99.5 Å². The lowest BCUT2D eigenvalue weighted by molar-refractivity contribution is -0.137. The number of carboxylic acid groups (broad SMARTS) is 1. The molecule has 2 nitrogen and oxygen atoms in total. The molecule has 2 heterocycles. The third-order valence-electron chi connectivity index (χ3n) is 7.28. The molecular weight excluding hydrogens is 456 g/mol. The summed E-state index contributed by atoms with van der Waals surface area (Å²) in [6, 6.07) is 10.8. The maximum Gasteiger partial charge on any atom is 0.303 e. The Hall–Kier alpha value is -1.13. The molecule has 1 N–H and O–H groups in total. The van der Waals surface area contributed by atoms with E-state index in [4.69, 9.17) is 5.11 Å². The van der Waals surface area contributed by atoms with Gasteiger partial charge in [0.05, 0.1) is 0 Å². The lowest BCUT2D eigenvalue weighted by Gasteiger charge is -2.29. The van der Waals surface area contributed by atoms with E-state index in [1.54, 1.807) is 0 Å². The molecule has 0 amide bonds. The fourth-order valence-electron chi connectivity index (χ4n) is 5.48. The Balaban J connectivity index is 1.18. The molecule has 0 spiro atoms. The predicted molar refractivity (Wildman–Crippen MR) is 151 cm³/mol. The van der Waals surface area contributed by atoms with Crippen molar-refractivity contribution in [2.24, 2.45) is 11.8 Å². The third kappa shape index (κ3) is 10.2. The van der Waals surface area contributed by atoms with Crippen molar-refractivity contribution in [3.05, 3.63) is 60.2 Å². The Morgan fingerprint density at radius 1 is 0.882 bits per heavy atom. The molecule has 1 aromatic rings. The van der Waals surface area contributed by atoms with Gasteiger partial charge in [-0.2, -0.15) is 23.5 Å². The largest absolute Gasteiger partial charge is 0.481 e. The van der Waals surface area contributed by atoms with Crippen LogP contribution in [0.5, 0.6) is 0 Å². The summed E-state index contributed by atoms with van der Waals surface area (Å²) in [6.07, 6.45) is 24.3. The molecule has 4 heteroatoms. The number of hydrogen-bond acceptors (Lipinski definition) is 3. The molecule has 0 aliphatic carbocycles. The van der Waals surface area contributed by atoms with Crippen LogP contribution in [0.1, 0.15) is 82.6 Å². The zero-order chi connectivity index (χ0) is 23.8. The summed E-state index contributed by atoms with van der Waals surface area (Å²) < 4.78 is 0. The maximum atomic E-state index is 10.6. The standard InChI is InChI=1S/C30H44O2S2/c31-30(32)20-11-4-3-10-18-26-27(29-22-21-28(26)34-29)19-12-14-24-33-23-13-5-1-2-7-15-25-16-8-6-9-17-25/h1,3,5-6,8-10,16-17,26-29H,2,4,7,11-15,18-24H2,(H,31,32)/b5-1?,10-3-/t26-,27+,28?,29+/m1/s1. The van der Waals surface area contributed by atoms with Gasteiger partial charge < -0.3 is 5.11 Å². The van der Waals surface area contributed by atoms with Crippen LogP contribution in [-0.4, -0.2) is 33.1 Å². The van der Waals surface area contributed by atoms with Crippen LogP contribution in [0, 0.1) is 11.8 Å². The van der Waals surface area contributed by atoms with Crippen LogP contribution in [0.15, 0.2) is 54.6 Å². The predicted octanol–water partition coefficient (Wildman–Crippen LogP) is 8.57. The average Bonchev–Trinajstić information content (AvgIpc) is 3.44. The number of carboxylic acids is 1. The molecular formula is C30H44O2S2. The van der Waals surface area contributed by atoms with E-state index < -0.39 is 5.97 Å². The van der Waals surface area contributed by atoms with E-state index in [1.807, 2.05) is 0 Å². The van der Waals surface area contributed by atoms with E-state index in [9.17, 15) is 4.79 Å². The van der Waals surface area contributed by atoms with Crippen molar-refractivity contribution in [1.82, 2.24) is 0 Å². The van der Waals surface area contributed by atoms with Gasteiger partial charge in [-0.25, -0.2) is 0 Å². The molecule has 3 rings (SSSR count). The molecule has 188 valence electrons. The van der Waals surface area contributed by atoms with E-state index in [2.05, 4.69) is 78.2 Å². The Labute approximate surface area is 216 Å².